The van der Waals surface area contributed by atoms with Crippen molar-refractivity contribution in [3.63, 3.8) is 0 Å². The van der Waals surface area contributed by atoms with Gasteiger partial charge in [0.2, 0.25) is 5.91 Å². The predicted molar refractivity (Wildman–Crippen MR) is 78.2 cm³/mol. The second-order valence-corrected chi connectivity index (χ2v) is 5.55. The number of carbonyl (C=O) groups excluding carboxylic acids is 1. The number of nitrogens with one attached hydrogen (secondary N) is 1. The van der Waals surface area contributed by atoms with Crippen molar-refractivity contribution < 1.29 is 14.7 Å². The molecule has 0 spiro atoms. The Hall–Kier alpha value is -1.92. The molecule has 0 saturated heterocycles. The highest BCUT2D eigenvalue weighted by atomic mass is 16.4. The Labute approximate surface area is 124 Å². The number of aromatic carboxylic acids is 1. The highest BCUT2D eigenvalue weighted by Crippen LogP contribution is 2.16. The first-order valence-corrected chi connectivity index (χ1v) is 7.33. The third-order valence-electron chi connectivity index (χ3n) is 3.17. The molecule has 0 aliphatic heterocycles. The van der Waals surface area contributed by atoms with Gasteiger partial charge in [-0.25, -0.2) is 9.48 Å². The zero-order valence-corrected chi connectivity index (χ0v) is 13.1. The number of hydrogen-bond acceptors (Lipinski definition) is 4. The van der Waals surface area contributed by atoms with E-state index in [2.05, 4.69) is 15.6 Å². The molecule has 0 fully saturated rings. The van der Waals surface area contributed by atoms with Crippen LogP contribution in [-0.4, -0.2) is 38.5 Å². The van der Waals surface area contributed by atoms with Gasteiger partial charge >= 0.3 is 5.97 Å². The van der Waals surface area contributed by atoms with Gasteiger partial charge < -0.3 is 10.4 Å². The minimum Gasteiger partial charge on any atom is -0.476 e. The van der Waals surface area contributed by atoms with Gasteiger partial charge in [0.25, 0.3) is 0 Å². The van der Waals surface area contributed by atoms with Crippen molar-refractivity contribution in [2.75, 3.05) is 6.54 Å². The molecular weight excluding hydrogens is 272 g/mol. The number of nitrogens with zero attached hydrogens (tertiary/aromatic N) is 3. The third-order valence-corrected chi connectivity index (χ3v) is 3.17. The number of aromatic nitrogens is 3. The number of carboxylic acid groups (broad SMARTS) is 1. The normalized spacial score (nSPS) is 12.4. The molecule has 0 saturated carbocycles. The summed E-state index contributed by atoms with van der Waals surface area (Å²) in [5, 5.41) is 19.6. The van der Waals surface area contributed by atoms with Crippen molar-refractivity contribution in [3.05, 3.63) is 11.4 Å². The summed E-state index contributed by atoms with van der Waals surface area (Å²) in [6.45, 7) is 8.32. The van der Waals surface area contributed by atoms with Gasteiger partial charge in [-0.2, -0.15) is 0 Å². The quantitative estimate of drug-likeness (QED) is 0.711. The zero-order chi connectivity index (χ0) is 16.0. The summed E-state index contributed by atoms with van der Waals surface area (Å²) in [6, 6.07) is -0.573. The first-order chi connectivity index (χ1) is 9.88. The molecule has 1 heterocycles. The van der Waals surface area contributed by atoms with Crippen LogP contribution in [0.3, 0.4) is 0 Å². The van der Waals surface area contributed by atoms with Crippen molar-refractivity contribution in [1.82, 2.24) is 20.3 Å². The van der Waals surface area contributed by atoms with Gasteiger partial charge in [0.15, 0.2) is 5.69 Å². The minimum atomic E-state index is -1.12. The summed E-state index contributed by atoms with van der Waals surface area (Å²) in [6.07, 6.45) is 2.43. The Morgan fingerprint density at radius 1 is 1.33 bits per heavy atom. The number of carbonyl (C=O) groups is 2. The van der Waals surface area contributed by atoms with Crippen molar-refractivity contribution >= 4 is 11.9 Å². The lowest BCUT2D eigenvalue weighted by Crippen LogP contribution is -2.33. The van der Waals surface area contributed by atoms with Gasteiger partial charge in [0, 0.05) is 6.54 Å². The van der Waals surface area contributed by atoms with Crippen LogP contribution in [0.4, 0.5) is 0 Å². The molecule has 1 unspecified atom stereocenters. The van der Waals surface area contributed by atoms with E-state index in [1.165, 1.54) is 4.68 Å². The van der Waals surface area contributed by atoms with Crippen LogP contribution >= 0.6 is 0 Å². The summed E-state index contributed by atoms with van der Waals surface area (Å²) in [5.41, 5.74) is 0.424. The summed E-state index contributed by atoms with van der Waals surface area (Å²) < 4.78 is 1.42. The summed E-state index contributed by atoms with van der Waals surface area (Å²) in [7, 11) is 0. The maximum atomic E-state index is 12.1. The standard InChI is InChI=1S/C14H24N4O3/c1-5-6-7-15-13(19)10(4)18-11(8-9(2)3)12(14(20)21)16-17-18/h9-10H,5-8H2,1-4H3,(H,15,19)(H,20,21). The number of amides is 1. The SMILES string of the molecule is CCCCNC(=O)C(C)n1nnc(C(=O)O)c1CC(C)C. The molecule has 1 rings (SSSR count). The van der Waals surface area contributed by atoms with Gasteiger partial charge in [0.05, 0.1) is 5.69 Å². The molecule has 1 atom stereocenters. The molecule has 7 heteroatoms. The molecule has 0 aromatic carbocycles. The Morgan fingerprint density at radius 3 is 2.52 bits per heavy atom. The van der Waals surface area contributed by atoms with E-state index in [1.807, 2.05) is 20.8 Å². The van der Waals surface area contributed by atoms with Crippen LogP contribution in [0.2, 0.25) is 0 Å². The molecule has 118 valence electrons. The van der Waals surface area contributed by atoms with E-state index in [0.29, 0.717) is 18.7 Å². The average Bonchev–Trinajstić information content (AvgIpc) is 2.80. The predicted octanol–water partition coefficient (Wildman–Crippen LogP) is 1.65. The van der Waals surface area contributed by atoms with Crippen LogP contribution in [0.1, 0.15) is 62.8 Å². The molecule has 0 aliphatic rings. The van der Waals surface area contributed by atoms with Crippen molar-refractivity contribution in [3.8, 4) is 0 Å². The summed E-state index contributed by atoms with van der Waals surface area (Å²) in [5.74, 6) is -1.04. The average molecular weight is 296 g/mol. The highest BCUT2D eigenvalue weighted by Gasteiger charge is 2.25. The summed E-state index contributed by atoms with van der Waals surface area (Å²) >= 11 is 0. The van der Waals surface area contributed by atoms with Crippen LogP contribution in [0.15, 0.2) is 0 Å². The molecule has 0 bridgehead atoms. The van der Waals surface area contributed by atoms with Crippen LogP contribution in [-0.2, 0) is 11.2 Å². The lowest BCUT2D eigenvalue weighted by Gasteiger charge is -2.16. The summed E-state index contributed by atoms with van der Waals surface area (Å²) in [4.78, 5) is 23.3. The van der Waals surface area contributed by atoms with Crippen LogP contribution in [0.25, 0.3) is 0 Å². The Bertz CT molecular complexity index is 496. The number of hydrogen-bond donors (Lipinski definition) is 2. The Kier molecular flexibility index (Phi) is 6.33. The molecule has 2 N–H and O–H groups in total. The second-order valence-electron chi connectivity index (χ2n) is 5.55. The lowest BCUT2D eigenvalue weighted by atomic mass is 10.1. The van der Waals surface area contributed by atoms with Gasteiger partial charge in [-0.3, -0.25) is 4.79 Å². The Balaban J connectivity index is 2.95. The first-order valence-electron chi connectivity index (χ1n) is 7.33. The number of rotatable bonds is 8. The fourth-order valence-electron chi connectivity index (χ4n) is 2.01. The number of carboxylic acids is 1. The first kappa shape index (κ1) is 17.1. The topological polar surface area (TPSA) is 97.1 Å². The van der Waals surface area contributed by atoms with E-state index in [-0.39, 0.29) is 17.5 Å². The van der Waals surface area contributed by atoms with Gasteiger partial charge in [-0.1, -0.05) is 32.4 Å². The second kappa shape index (κ2) is 7.75. The third kappa shape index (κ3) is 4.54. The van der Waals surface area contributed by atoms with Gasteiger partial charge in [0.1, 0.15) is 6.04 Å². The molecule has 1 aromatic heterocycles. The van der Waals surface area contributed by atoms with Crippen LogP contribution in [0.5, 0.6) is 0 Å². The van der Waals surface area contributed by atoms with Crippen LogP contribution < -0.4 is 5.32 Å². The number of unbranched alkanes of at least 4 members (excludes halogenated alkanes) is 1. The fourth-order valence-corrected chi connectivity index (χ4v) is 2.01. The van der Waals surface area contributed by atoms with E-state index in [4.69, 9.17) is 5.11 Å². The maximum Gasteiger partial charge on any atom is 0.358 e. The van der Waals surface area contributed by atoms with Crippen molar-refractivity contribution in [2.24, 2.45) is 5.92 Å². The fraction of sp³-hybridized carbons (Fsp3) is 0.714. The lowest BCUT2D eigenvalue weighted by molar-refractivity contribution is -0.124. The molecule has 0 radical (unpaired) electrons. The van der Waals surface area contributed by atoms with Gasteiger partial charge in [-0.05, 0) is 25.7 Å². The van der Waals surface area contributed by atoms with E-state index in [9.17, 15) is 9.59 Å². The van der Waals surface area contributed by atoms with E-state index >= 15 is 0 Å². The zero-order valence-electron chi connectivity index (χ0n) is 13.1. The molecular formula is C14H24N4O3. The Morgan fingerprint density at radius 2 is 2.00 bits per heavy atom. The van der Waals surface area contributed by atoms with Crippen molar-refractivity contribution in [2.45, 2.75) is 53.0 Å². The van der Waals surface area contributed by atoms with E-state index < -0.39 is 12.0 Å². The minimum absolute atomic E-state index is 0.0723. The van der Waals surface area contributed by atoms with Crippen molar-refractivity contribution in [1.29, 1.82) is 0 Å². The molecule has 1 amide bonds. The molecule has 21 heavy (non-hydrogen) atoms. The highest BCUT2D eigenvalue weighted by molar-refractivity contribution is 5.87. The molecule has 7 nitrogen and oxygen atoms in total. The molecule has 1 aromatic rings. The van der Waals surface area contributed by atoms with Gasteiger partial charge in [-0.15, -0.1) is 5.10 Å². The van der Waals surface area contributed by atoms with E-state index in [1.54, 1.807) is 6.92 Å². The smallest absolute Gasteiger partial charge is 0.358 e. The largest absolute Gasteiger partial charge is 0.476 e. The van der Waals surface area contributed by atoms with E-state index in [0.717, 1.165) is 12.8 Å². The monoisotopic (exact) mass is 296 g/mol. The maximum absolute atomic E-state index is 12.1. The molecule has 0 aliphatic carbocycles. The van der Waals surface area contributed by atoms with Crippen LogP contribution in [0, 0.1) is 5.92 Å².